The molecule has 24 heavy (non-hydrogen) atoms. The monoisotopic (exact) mass is 320 g/mol. The van der Waals surface area contributed by atoms with Crippen molar-refractivity contribution in [3.8, 4) is 0 Å². The molecule has 1 atom stereocenters. The Bertz CT molecular complexity index is 630. The second-order valence-electron chi connectivity index (χ2n) is 5.20. The lowest BCUT2D eigenvalue weighted by Crippen LogP contribution is -2.13. The summed E-state index contributed by atoms with van der Waals surface area (Å²) in [6.07, 6.45) is 17.8. The number of nitrogens with zero attached hydrogens (tertiary/aromatic N) is 1. The average Bonchev–Trinajstić information content (AvgIpc) is 2.62. The quantitative estimate of drug-likeness (QED) is 0.471. The first-order chi connectivity index (χ1) is 11.7. The van der Waals surface area contributed by atoms with E-state index in [4.69, 9.17) is 0 Å². The molecular weight excluding hydrogens is 292 g/mol. The van der Waals surface area contributed by atoms with E-state index in [1.54, 1.807) is 6.20 Å². The molecule has 0 heterocycles. The van der Waals surface area contributed by atoms with Gasteiger partial charge in [0.1, 0.15) is 0 Å². The molecule has 0 bridgehead atoms. The van der Waals surface area contributed by atoms with Crippen LogP contribution in [0.5, 0.6) is 0 Å². The van der Waals surface area contributed by atoms with Crippen molar-refractivity contribution >= 4 is 5.57 Å². The average molecular weight is 320 g/mol. The fourth-order valence-corrected chi connectivity index (χ4v) is 2.32. The van der Waals surface area contributed by atoms with Crippen LogP contribution in [0.2, 0.25) is 0 Å². The summed E-state index contributed by atoms with van der Waals surface area (Å²) in [4.78, 5) is 1.91. The van der Waals surface area contributed by atoms with Crippen molar-refractivity contribution < 1.29 is 0 Å². The van der Waals surface area contributed by atoms with Crippen LogP contribution < -0.4 is 5.32 Å². The molecule has 1 rings (SSSR count). The highest BCUT2D eigenvalue weighted by atomic mass is 15.1. The highest BCUT2D eigenvalue weighted by Crippen LogP contribution is 2.20. The molecule has 0 saturated heterocycles. The van der Waals surface area contributed by atoms with Crippen molar-refractivity contribution in [3.05, 3.63) is 104 Å². The molecule has 0 aliphatic heterocycles. The summed E-state index contributed by atoms with van der Waals surface area (Å²) in [7, 11) is 1.94. The first kappa shape index (κ1) is 19.5. The van der Waals surface area contributed by atoms with E-state index in [1.807, 2.05) is 62.5 Å². The largest absolute Gasteiger partial charge is 0.331 e. The molecule has 0 saturated carbocycles. The maximum Gasteiger partial charge on any atom is 0.0501 e. The van der Waals surface area contributed by atoms with Crippen LogP contribution in [0, 0.1) is 0 Å². The number of hydrogen-bond acceptors (Lipinski definition) is 2. The van der Waals surface area contributed by atoms with E-state index in [2.05, 4.69) is 54.9 Å². The highest BCUT2D eigenvalue weighted by Gasteiger charge is 2.04. The van der Waals surface area contributed by atoms with Crippen molar-refractivity contribution in [1.29, 1.82) is 0 Å². The van der Waals surface area contributed by atoms with Crippen molar-refractivity contribution in [2.45, 2.75) is 19.9 Å². The molecule has 126 valence electrons. The van der Waals surface area contributed by atoms with Gasteiger partial charge in [-0.05, 0) is 43.7 Å². The third kappa shape index (κ3) is 5.90. The van der Waals surface area contributed by atoms with Crippen LogP contribution in [0.1, 0.15) is 31.0 Å². The summed E-state index contributed by atoms with van der Waals surface area (Å²) < 4.78 is 0. The third-order valence-electron chi connectivity index (χ3n) is 3.56. The van der Waals surface area contributed by atoms with E-state index in [9.17, 15) is 0 Å². The van der Waals surface area contributed by atoms with Gasteiger partial charge < -0.3 is 10.2 Å². The number of benzene rings is 1. The van der Waals surface area contributed by atoms with Crippen molar-refractivity contribution in [3.63, 3.8) is 0 Å². The van der Waals surface area contributed by atoms with Crippen molar-refractivity contribution in [2.75, 3.05) is 7.05 Å². The first-order valence-electron chi connectivity index (χ1n) is 8.14. The number of nitrogens with one attached hydrogen (secondary N) is 1. The third-order valence-corrected chi connectivity index (χ3v) is 3.56. The molecule has 1 aromatic rings. The van der Waals surface area contributed by atoms with Gasteiger partial charge >= 0.3 is 0 Å². The lowest BCUT2D eigenvalue weighted by Gasteiger charge is -2.12. The smallest absolute Gasteiger partial charge is 0.0501 e. The van der Waals surface area contributed by atoms with Crippen molar-refractivity contribution in [2.24, 2.45) is 0 Å². The van der Waals surface area contributed by atoms with Crippen LogP contribution in [-0.4, -0.2) is 11.9 Å². The standard InChI is InChI=1S/C22H28N2/c1-6-11-19(12-10-18-24(9-4)17-7-2)20-13-15-21(16-14-20)22(8-3)23-5/h6-18,22-23H,3-4H2,1-2,5H3/b11-6-,17-7-,18-10+,19-12+. The molecule has 0 aliphatic carbocycles. The van der Waals surface area contributed by atoms with E-state index in [1.165, 1.54) is 11.1 Å². The van der Waals surface area contributed by atoms with Gasteiger partial charge in [0, 0.05) is 18.6 Å². The number of rotatable bonds is 9. The summed E-state index contributed by atoms with van der Waals surface area (Å²) in [6, 6.07) is 8.72. The van der Waals surface area contributed by atoms with E-state index < -0.39 is 0 Å². The Morgan fingerprint density at radius 2 is 1.79 bits per heavy atom. The molecule has 1 unspecified atom stereocenters. The van der Waals surface area contributed by atoms with E-state index in [-0.39, 0.29) is 6.04 Å². The Hall–Kier alpha value is -2.58. The normalized spacial score (nSPS) is 13.7. The Balaban J connectivity index is 3.03. The van der Waals surface area contributed by atoms with Gasteiger partial charge in [0.05, 0.1) is 6.04 Å². The predicted octanol–water partition coefficient (Wildman–Crippen LogP) is 5.59. The van der Waals surface area contributed by atoms with E-state index in [0.29, 0.717) is 0 Å². The number of hydrogen-bond donors (Lipinski definition) is 1. The van der Waals surface area contributed by atoms with Gasteiger partial charge in [-0.15, -0.1) is 6.58 Å². The topological polar surface area (TPSA) is 15.3 Å². The van der Waals surface area contributed by atoms with Gasteiger partial charge in [0.15, 0.2) is 0 Å². The molecule has 2 heteroatoms. The van der Waals surface area contributed by atoms with Crippen LogP contribution in [0.15, 0.2) is 92.5 Å². The van der Waals surface area contributed by atoms with Gasteiger partial charge in [-0.1, -0.05) is 61.2 Å². The Morgan fingerprint density at radius 1 is 1.08 bits per heavy atom. The number of likely N-dealkylation sites (N-methyl/N-ethyl adjacent to an activating group) is 1. The summed E-state index contributed by atoms with van der Waals surface area (Å²) >= 11 is 0. The maximum absolute atomic E-state index is 3.86. The summed E-state index contributed by atoms with van der Waals surface area (Å²) in [5.41, 5.74) is 3.54. The summed E-state index contributed by atoms with van der Waals surface area (Å²) in [6.45, 7) is 11.7. The molecule has 2 nitrogen and oxygen atoms in total. The second kappa shape index (κ2) is 11.0. The fourth-order valence-electron chi connectivity index (χ4n) is 2.32. The molecule has 0 spiro atoms. The maximum atomic E-state index is 3.86. The van der Waals surface area contributed by atoms with Gasteiger partial charge in [-0.25, -0.2) is 0 Å². The fraction of sp³-hybridized carbons (Fsp3) is 0.182. The minimum absolute atomic E-state index is 0.176. The Morgan fingerprint density at radius 3 is 2.29 bits per heavy atom. The summed E-state index contributed by atoms with van der Waals surface area (Å²) in [5.74, 6) is 0. The molecule has 0 fully saturated rings. The van der Waals surface area contributed by atoms with Gasteiger partial charge in [0.25, 0.3) is 0 Å². The Labute approximate surface area is 146 Å². The SMILES string of the molecule is C=CC(NC)c1ccc(C(/C=C\C)=C/C=C/N(C=C)/C=C\C)cc1. The van der Waals surface area contributed by atoms with Gasteiger partial charge in [-0.2, -0.15) is 0 Å². The highest BCUT2D eigenvalue weighted by molar-refractivity contribution is 5.75. The van der Waals surface area contributed by atoms with Crippen LogP contribution in [-0.2, 0) is 0 Å². The Kier molecular flexibility index (Phi) is 8.95. The molecule has 0 aromatic heterocycles. The molecule has 1 N–H and O–H groups in total. The number of allylic oxidation sites excluding steroid dienone is 6. The molecule has 0 radical (unpaired) electrons. The van der Waals surface area contributed by atoms with Crippen LogP contribution in [0.4, 0.5) is 0 Å². The van der Waals surface area contributed by atoms with E-state index in [0.717, 1.165) is 5.57 Å². The molecule has 0 amide bonds. The zero-order valence-corrected chi connectivity index (χ0v) is 14.9. The second-order valence-corrected chi connectivity index (χ2v) is 5.20. The first-order valence-corrected chi connectivity index (χ1v) is 8.14. The minimum Gasteiger partial charge on any atom is -0.331 e. The van der Waals surface area contributed by atoms with Crippen LogP contribution in [0.3, 0.4) is 0 Å². The lowest BCUT2D eigenvalue weighted by molar-refractivity contribution is 0.694. The van der Waals surface area contributed by atoms with Gasteiger partial charge in [0.2, 0.25) is 0 Å². The van der Waals surface area contributed by atoms with Crippen LogP contribution in [0.25, 0.3) is 5.57 Å². The van der Waals surface area contributed by atoms with Crippen molar-refractivity contribution in [1.82, 2.24) is 10.2 Å². The molecular formula is C22H28N2. The zero-order chi connectivity index (χ0) is 17.8. The van der Waals surface area contributed by atoms with Gasteiger partial charge in [-0.3, -0.25) is 0 Å². The zero-order valence-electron chi connectivity index (χ0n) is 14.9. The molecule has 0 aliphatic rings. The predicted molar refractivity (Wildman–Crippen MR) is 107 cm³/mol. The summed E-state index contributed by atoms with van der Waals surface area (Å²) in [5, 5.41) is 3.23. The molecule has 1 aromatic carbocycles. The minimum atomic E-state index is 0.176. The van der Waals surface area contributed by atoms with E-state index >= 15 is 0 Å². The lowest BCUT2D eigenvalue weighted by atomic mass is 10.00. The van der Waals surface area contributed by atoms with Crippen LogP contribution >= 0.6 is 0 Å².